The molecular weight excluding hydrogens is 404 g/mol. The number of hydrogen-bond acceptors (Lipinski definition) is 7. The number of H-pyrrole nitrogens is 1. The fourth-order valence-electron chi connectivity index (χ4n) is 3.19. The fourth-order valence-corrected chi connectivity index (χ4v) is 3.19. The molecule has 0 atom stereocenters. The molecule has 168 valence electrons. The van der Waals surface area contributed by atoms with Crippen LogP contribution in [0.2, 0.25) is 0 Å². The minimum absolute atomic E-state index is 0.0258. The van der Waals surface area contributed by atoms with E-state index in [1.807, 2.05) is 13.8 Å². The highest BCUT2D eigenvalue weighted by atomic mass is 16.6. The summed E-state index contributed by atoms with van der Waals surface area (Å²) in [4.78, 5) is 52.5. The lowest BCUT2D eigenvalue weighted by Gasteiger charge is -2.25. The van der Waals surface area contributed by atoms with Crippen LogP contribution in [-0.4, -0.2) is 34.0 Å². The molecular formula is C20H28N6O5. The molecule has 0 aliphatic carbocycles. The maximum Gasteiger partial charge on any atom is 0.330 e. The van der Waals surface area contributed by atoms with Crippen molar-refractivity contribution in [3.05, 3.63) is 54.7 Å². The van der Waals surface area contributed by atoms with Crippen LogP contribution in [0.25, 0.3) is 0 Å². The Morgan fingerprint density at radius 2 is 1.94 bits per heavy atom. The number of nitrogen functional groups attached to an aromatic ring is 1. The topological polar surface area (TPSA) is 156 Å². The summed E-state index contributed by atoms with van der Waals surface area (Å²) in [6.07, 6.45) is 2.75. The average Bonchev–Trinajstić information content (AvgIpc) is 2.74. The molecule has 1 heterocycles. The van der Waals surface area contributed by atoms with Gasteiger partial charge in [0.2, 0.25) is 0 Å². The maximum absolute atomic E-state index is 13.5. The quantitative estimate of drug-likeness (QED) is 0.384. The van der Waals surface area contributed by atoms with Crippen molar-refractivity contribution in [2.75, 3.05) is 29.5 Å². The van der Waals surface area contributed by atoms with Crippen LogP contribution < -0.4 is 27.2 Å². The van der Waals surface area contributed by atoms with Crippen LogP contribution in [0.1, 0.15) is 49.9 Å². The van der Waals surface area contributed by atoms with Crippen molar-refractivity contribution < 1.29 is 9.72 Å². The van der Waals surface area contributed by atoms with Gasteiger partial charge in [0.1, 0.15) is 5.82 Å². The Bertz CT molecular complexity index is 1070. The van der Waals surface area contributed by atoms with E-state index >= 15 is 0 Å². The Kier molecular flexibility index (Phi) is 7.94. The van der Waals surface area contributed by atoms with Crippen molar-refractivity contribution >= 4 is 28.8 Å². The molecule has 0 saturated heterocycles. The highest BCUT2D eigenvalue weighted by Gasteiger charge is 2.27. The van der Waals surface area contributed by atoms with E-state index in [9.17, 15) is 24.5 Å². The Morgan fingerprint density at radius 3 is 2.52 bits per heavy atom. The number of rotatable bonds is 10. The number of carbonyl (C=O) groups excluding carboxylic acids is 1. The van der Waals surface area contributed by atoms with Crippen LogP contribution >= 0.6 is 0 Å². The number of nitro benzene ring substituents is 1. The molecule has 0 bridgehead atoms. The first-order chi connectivity index (χ1) is 14.8. The zero-order valence-electron chi connectivity index (χ0n) is 17.9. The number of unbranched alkanes of at least 4 members (excludes halogenated alkanes) is 2. The van der Waals surface area contributed by atoms with Gasteiger partial charge in [-0.15, -0.1) is 0 Å². The number of carbonyl (C=O) groups is 1. The third-order valence-corrected chi connectivity index (χ3v) is 4.91. The zero-order valence-corrected chi connectivity index (χ0v) is 17.9. The van der Waals surface area contributed by atoms with Gasteiger partial charge in [0.15, 0.2) is 5.69 Å². The number of nitro groups is 1. The van der Waals surface area contributed by atoms with Gasteiger partial charge < -0.3 is 16.0 Å². The Morgan fingerprint density at radius 1 is 1.26 bits per heavy atom. The molecule has 0 unspecified atom stereocenters. The number of nitrogens with zero attached hydrogens (tertiary/aromatic N) is 3. The highest BCUT2D eigenvalue weighted by Crippen LogP contribution is 2.27. The second kappa shape index (κ2) is 10.4. The van der Waals surface area contributed by atoms with Crippen LogP contribution in [0.3, 0.4) is 0 Å². The minimum atomic E-state index is -0.781. The number of nitrogens with one attached hydrogen (secondary N) is 2. The molecule has 0 aliphatic heterocycles. The number of hydrogen-bond donors (Lipinski definition) is 3. The number of amides is 1. The highest BCUT2D eigenvalue weighted by molar-refractivity contribution is 6.10. The summed E-state index contributed by atoms with van der Waals surface area (Å²) in [7, 11) is 1.58. The number of aromatic amines is 1. The number of nitrogens with two attached hydrogens (primary N) is 1. The molecule has 1 aromatic carbocycles. The summed E-state index contributed by atoms with van der Waals surface area (Å²) < 4.78 is 1.24. The van der Waals surface area contributed by atoms with Crippen molar-refractivity contribution in [2.24, 2.45) is 0 Å². The molecule has 11 nitrogen and oxygen atoms in total. The minimum Gasteiger partial charge on any atom is -0.387 e. The Balaban J connectivity index is 2.68. The first-order valence-electron chi connectivity index (χ1n) is 10.2. The molecule has 1 amide bonds. The third kappa shape index (κ3) is 5.11. The van der Waals surface area contributed by atoms with Crippen molar-refractivity contribution in [3.8, 4) is 0 Å². The van der Waals surface area contributed by atoms with E-state index in [4.69, 9.17) is 5.73 Å². The molecule has 0 aliphatic rings. The van der Waals surface area contributed by atoms with Gasteiger partial charge in [-0.05, 0) is 18.9 Å². The van der Waals surface area contributed by atoms with E-state index in [0.717, 1.165) is 18.9 Å². The SMILES string of the molecule is CCCCN(C(=O)c1cc([N+](=O)[O-])ccc1NC)c1c(N)n(CCCC)c(=O)[nH]c1=O. The number of non-ortho nitro benzene ring substituents is 1. The molecule has 0 saturated carbocycles. The number of anilines is 3. The molecule has 31 heavy (non-hydrogen) atoms. The van der Waals surface area contributed by atoms with Crippen LogP contribution in [0.15, 0.2) is 27.8 Å². The average molecular weight is 432 g/mol. The lowest BCUT2D eigenvalue weighted by atomic mass is 10.1. The number of aromatic nitrogens is 2. The summed E-state index contributed by atoms with van der Waals surface area (Å²) in [6, 6.07) is 3.87. The molecule has 1 aromatic heterocycles. The van der Waals surface area contributed by atoms with E-state index in [1.54, 1.807) is 7.05 Å². The molecule has 0 radical (unpaired) electrons. The van der Waals surface area contributed by atoms with E-state index < -0.39 is 22.1 Å². The van der Waals surface area contributed by atoms with Crippen molar-refractivity contribution in [1.29, 1.82) is 0 Å². The zero-order chi connectivity index (χ0) is 23.1. The second-order valence-corrected chi connectivity index (χ2v) is 7.05. The van der Waals surface area contributed by atoms with E-state index in [1.165, 1.54) is 21.6 Å². The Labute approximate surface area is 179 Å². The fraction of sp³-hybridized carbons (Fsp3) is 0.450. The standard InChI is InChI=1S/C20H28N6O5/c1-4-6-10-24(16-17(21)25(11-7-5-2)20(29)23-18(16)27)19(28)14-12-13(26(30)31)8-9-15(14)22-3/h8-9,12,22H,4-7,10-11,21H2,1-3H3,(H,23,27,29). The van der Waals surface area contributed by atoms with Crippen LogP contribution in [-0.2, 0) is 6.54 Å². The lowest BCUT2D eigenvalue weighted by molar-refractivity contribution is -0.384. The van der Waals surface area contributed by atoms with Crippen LogP contribution in [0.4, 0.5) is 22.9 Å². The van der Waals surface area contributed by atoms with Gasteiger partial charge in [-0.2, -0.15) is 0 Å². The molecule has 0 fully saturated rings. The third-order valence-electron chi connectivity index (χ3n) is 4.91. The normalized spacial score (nSPS) is 10.7. The summed E-state index contributed by atoms with van der Waals surface area (Å²) in [5, 5.41) is 14.1. The van der Waals surface area contributed by atoms with E-state index in [-0.39, 0.29) is 29.3 Å². The predicted molar refractivity (Wildman–Crippen MR) is 120 cm³/mol. The van der Waals surface area contributed by atoms with Gasteiger partial charge in [-0.1, -0.05) is 26.7 Å². The van der Waals surface area contributed by atoms with E-state index in [0.29, 0.717) is 25.1 Å². The number of benzene rings is 1. The molecule has 2 rings (SSSR count). The van der Waals surface area contributed by atoms with Crippen LogP contribution in [0.5, 0.6) is 0 Å². The molecule has 2 aromatic rings. The summed E-state index contributed by atoms with van der Waals surface area (Å²) in [6.45, 7) is 4.32. The summed E-state index contributed by atoms with van der Waals surface area (Å²) in [5.74, 6) is -0.734. The second-order valence-electron chi connectivity index (χ2n) is 7.05. The van der Waals surface area contributed by atoms with Gasteiger partial charge in [-0.25, -0.2) is 4.79 Å². The van der Waals surface area contributed by atoms with Crippen molar-refractivity contribution in [3.63, 3.8) is 0 Å². The van der Waals surface area contributed by atoms with Gasteiger partial charge in [-0.3, -0.25) is 29.3 Å². The van der Waals surface area contributed by atoms with Gasteiger partial charge in [0.05, 0.1) is 10.5 Å². The first-order valence-corrected chi connectivity index (χ1v) is 10.2. The summed E-state index contributed by atoms with van der Waals surface area (Å²) >= 11 is 0. The first kappa shape index (κ1) is 23.6. The summed E-state index contributed by atoms with van der Waals surface area (Å²) in [5.41, 5.74) is 4.76. The van der Waals surface area contributed by atoms with Gasteiger partial charge in [0, 0.05) is 38.0 Å². The van der Waals surface area contributed by atoms with Gasteiger partial charge >= 0.3 is 5.69 Å². The van der Waals surface area contributed by atoms with Crippen molar-refractivity contribution in [1.82, 2.24) is 9.55 Å². The van der Waals surface area contributed by atoms with Crippen molar-refractivity contribution in [2.45, 2.75) is 46.1 Å². The lowest BCUT2D eigenvalue weighted by Crippen LogP contribution is -2.41. The monoisotopic (exact) mass is 432 g/mol. The molecule has 0 spiro atoms. The predicted octanol–water partition coefficient (Wildman–Crippen LogP) is 2.32. The smallest absolute Gasteiger partial charge is 0.330 e. The largest absolute Gasteiger partial charge is 0.387 e. The van der Waals surface area contributed by atoms with E-state index in [2.05, 4.69) is 10.3 Å². The molecule has 11 heteroatoms. The van der Waals surface area contributed by atoms with Crippen LogP contribution in [0, 0.1) is 10.1 Å². The maximum atomic E-state index is 13.5. The van der Waals surface area contributed by atoms with Gasteiger partial charge in [0.25, 0.3) is 17.2 Å². The Hall–Kier alpha value is -3.63. The molecule has 4 N–H and O–H groups in total.